The van der Waals surface area contributed by atoms with Gasteiger partial charge in [-0.05, 0) is 12.1 Å². The molecule has 2 aliphatic heterocycles. The van der Waals surface area contributed by atoms with Crippen LogP contribution >= 0.6 is 0 Å². The number of nitrogens with one attached hydrogen (secondary N) is 2. The Kier molecular flexibility index (Phi) is 5.21. The summed E-state index contributed by atoms with van der Waals surface area (Å²) in [5.41, 5.74) is -0.429. The standard InChI is InChI=1S/C20H16F5N7O3/c21-19(22)9-31(8-14(19)35-15-5-10(1-2-26-15)20(23,24)25)13-6-12(30-32-4-3-27-16(13)32)11-7-28-18(34)29-17(11)33/h1-6,11,14H,7-9H2,(H2,28,29,33,34)/t11?,14-/m1/s1. The maximum absolute atomic E-state index is 14.9. The average Bonchev–Trinajstić information content (AvgIpc) is 3.36. The molecule has 5 rings (SSSR count). The molecule has 0 saturated carbocycles. The molecule has 2 aliphatic rings. The number of imide groups is 1. The number of hydrogen-bond acceptors (Lipinski definition) is 7. The lowest BCUT2D eigenvalue weighted by Crippen LogP contribution is -2.51. The van der Waals surface area contributed by atoms with Crippen LogP contribution in [0, 0.1) is 0 Å². The molecule has 2 N–H and O–H groups in total. The van der Waals surface area contributed by atoms with Crippen LogP contribution in [-0.2, 0) is 11.0 Å². The van der Waals surface area contributed by atoms with Crippen molar-refractivity contribution in [3.05, 3.63) is 48.0 Å². The van der Waals surface area contributed by atoms with Crippen LogP contribution in [0.15, 0.2) is 36.8 Å². The van der Waals surface area contributed by atoms with Crippen molar-refractivity contribution < 1.29 is 36.3 Å². The number of fused-ring (bicyclic) bond motifs is 1. The van der Waals surface area contributed by atoms with Crippen molar-refractivity contribution in [2.24, 2.45) is 0 Å². The minimum atomic E-state index is -4.68. The Labute approximate surface area is 193 Å². The predicted molar refractivity (Wildman–Crippen MR) is 108 cm³/mol. The number of aromatic nitrogens is 4. The quantitative estimate of drug-likeness (QED) is 0.530. The summed E-state index contributed by atoms with van der Waals surface area (Å²) in [6.07, 6.45) is -2.79. The third-order valence-electron chi connectivity index (χ3n) is 5.66. The zero-order chi connectivity index (χ0) is 25.0. The molecule has 0 bridgehead atoms. The summed E-state index contributed by atoms with van der Waals surface area (Å²) in [5, 5.41) is 8.91. The van der Waals surface area contributed by atoms with E-state index in [0.717, 1.165) is 6.20 Å². The molecule has 15 heteroatoms. The first-order valence-electron chi connectivity index (χ1n) is 10.3. The van der Waals surface area contributed by atoms with Crippen LogP contribution in [0.5, 0.6) is 5.88 Å². The third-order valence-corrected chi connectivity index (χ3v) is 5.66. The molecule has 10 nitrogen and oxygen atoms in total. The summed E-state index contributed by atoms with van der Waals surface area (Å²) >= 11 is 0. The molecule has 35 heavy (non-hydrogen) atoms. The van der Waals surface area contributed by atoms with Crippen molar-refractivity contribution in [2.75, 3.05) is 24.5 Å². The molecule has 2 saturated heterocycles. The van der Waals surface area contributed by atoms with E-state index in [1.54, 1.807) is 0 Å². The summed E-state index contributed by atoms with van der Waals surface area (Å²) in [6, 6.07) is 2.04. The Bertz CT molecular complexity index is 1310. The van der Waals surface area contributed by atoms with E-state index < -0.39 is 60.6 Å². The van der Waals surface area contributed by atoms with Crippen molar-refractivity contribution in [1.82, 2.24) is 30.2 Å². The van der Waals surface area contributed by atoms with Gasteiger partial charge in [0, 0.05) is 31.2 Å². The molecule has 0 spiro atoms. The maximum Gasteiger partial charge on any atom is 0.416 e. The Morgan fingerprint density at radius 1 is 1.14 bits per heavy atom. The number of imidazole rings is 1. The first-order valence-corrected chi connectivity index (χ1v) is 10.3. The van der Waals surface area contributed by atoms with E-state index in [2.05, 4.69) is 25.7 Å². The second-order valence-corrected chi connectivity index (χ2v) is 8.03. The molecule has 5 heterocycles. The highest BCUT2D eigenvalue weighted by atomic mass is 19.4. The monoisotopic (exact) mass is 497 g/mol. The van der Waals surface area contributed by atoms with Gasteiger partial charge in [-0.15, -0.1) is 0 Å². The van der Waals surface area contributed by atoms with Crippen LogP contribution in [0.25, 0.3) is 5.65 Å². The molecule has 3 amide bonds. The van der Waals surface area contributed by atoms with E-state index in [0.29, 0.717) is 12.1 Å². The van der Waals surface area contributed by atoms with Crippen LogP contribution < -0.4 is 20.3 Å². The number of amides is 3. The van der Waals surface area contributed by atoms with Gasteiger partial charge < -0.3 is 15.0 Å². The maximum atomic E-state index is 14.9. The Morgan fingerprint density at radius 3 is 2.69 bits per heavy atom. The van der Waals surface area contributed by atoms with Gasteiger partial charge in [-0.25, -0.2) is 28.1 Å². The third kappa shape index (κ3) is 4.28. The van der Waals surface area contributed by atoms with Crippen molar-refractivity contribution in [3.63, 3.8) is 0 Å². The normalized spacial score (nSPS) is 22.3. The largest absolute Gasteiger partial charge is 0.466 e. The summed E-state index contributed by atoms with van der Waals surface area (Å²) < 4.78 is 75.2. The highest BCUT2D eigenvalue weighted by Gasteiger charge is 2.51. The zero-order valence-corrected chi connectivity index (χ0v) is 17.6. The lowest BCUT2D eigenvalue weighted by molar-refractivity contribution is -0.137. The summed E-state index contributed by atoms with van der Waals surface area (Å²) in [4.78, 5) is 32.7. The number of ether oxygens (including phenoxy) is 1. The summed E-state index contributed by atoms with van der Waals surface area (Å²) in [7, 11) is 0. The van der Waals surface area contributed by atoms with Gasteiger partial charge in [-0.3, -0.25) is 10.1 Å². The van der Waals surface area contributed by atoms with Gasteiger partial charge in [0.15, 0.2) is 11.8 Å². The molecule has 0 aromatic carbocycles. The van der Waals surface area contributed by atoms with Crippen molar-refractivity contribution in [2.45, 2.75) is 24.1 Å². The van der Waals surface area contributed by atoms with Crippen LogP contribution in [0.4, 0.5) is 32.4 Å². The highest BCUT2D eigenvalue weighted by Crippen LogP contribution is 2.37. The van der Waals surface area contributed by atoms with E-state index in [-0.39, 0.29) is 23.6 Å². The topological polar surface area (TPSA) is 114 Å². The molecule has 2 atom stereocenters. The number of halogens is 5. The SMILES string of the molecule is O=C1NCC(c2cc(N3C[C@@H](Oc4cc(C(F)(F)F)ccn4)C(F)(F)C3)c3nccn3n2)C(=O)N1. The van der Waals surface area contributed by atoms with Gasteiger partial charge in [-0.2, -0.15) is 18.3 Å². The van der Waals surface area contributed by atoms with Crippen LogP contribution in [0.1, 0.15) is 17.2 Å². The van der Waals surface area contributed by atoms with Gasteiger partial charge in [0.25, 0.3) is 0 Å². The predicted octanol–water partition coefficient (Wildman–Crippen LogP) is 1.97. The van der Waals surface area contributed by atoms with Crippen molar-refractivity contribution in [1.29, 1.82) is 0 Å². The smallest absolute Gasteiger partial charge is 0.416 e. The minimum absolute atomic E-state index is 0.0412. The lowest BCUT2D eigenvalue weighted by Gasteiger charge is -2.24. The molecule has 3 aromatic rings. The molecule has 0 aliphatic carbocycles. The van der Waals surface area contributed by atoms with E-state index in [4.69, 9.17) is 4.74 Å². The van der Waals surface area contributed by atoms with Crippen LogP contribution in [-0.4, -0.2) is 63.2 Å². The second kappa shape index (κ2) is 8.02. The number of nitrogens with zero attached hydrogens (tertiary/aromatic N) is 5. The fourth-order valence-electron chi connectivity index (χ4n) is 3.95. The highest BCUT2D eigenvalue weighted by molar-refractivity contribution is 6.00. The number of pyridine rings is 1. The van der Waals surface area contributed by atoms with Crippen molar-refractivity contribution >= 4 is 23.3 Å². The zero-order valence-electron chi connectivity index (χ0n) is 17.6. The number of rotatable bonds is 4. The van der Waals surface area contributed by atoms with Crippen LogP contribution in [0.2, 0.25) is 0 Å². The molecular formula is C20H16F5N7O3. The van der Waals surface area contributed by atoms with Gasteiger partial charge in [0.05, 0.1) is 36.0 Å². The molecule has 0 radical (unpaired) electrons. The molecule has 3 aromatic heterocycles. The fourth-order valence-corrected chi connectivity index (χ4v) is 3.95. The fraction of sp³-hybridized carbons (Fsp3) is 0.350. The van der Waals surface area contributed by atoms with Gasteiger partial charge in [-0.1, -0.05) is 0 Å². The molecule has 1 unspecified atom stereocenters. The molecule has 2 fully saturated rings. The Hall–Kier alpha value is -4.04. The number of hydrogen-bond donors (Lipinski definition) is 2. The number of carbonyl (C=O) groups is 2. The van der Waals surface area contributed by atoms with Crippen molar-refractivity contribution in [3.8, 4) is 5.88 Å². The Balaban J connectivity index is 1.44. The average molecular weight is 497 g/mol. The second-order valence-electron chi connectivity index (χ2n) is 8.03. The number of urea groups is 1. The van der Waals surface area contributed by atoms with E-state index in [1.807, 2.05) is 0 Å². The summed E-state index contributed by atoms with van der Waals surface area (Å²) in [5.74, 6) is -5.50. The van der Waals surface area contributed by atoms with Gasteiger partial charge in [0.1, 0.15) is 0 Å². The summed E-state index contributed by atoms with van der Waals surface area (Å²) in [6.45, 7) is -1.26. The molecular weight excluding hydrogens is 481 g/mol. The van der Waals surface area contributed by atoms with Gasteiger partial charge in [0.2, 0.25) is 11.8 Å². The first kappa shape index (κ1) is 22.7. The molecule has 184 valence electrons. The van der Waals surface area contributed by atoms with Gasteiger partial charge >= 0.3 is 18.1 Å². The van der Waals surface area contributed by atoms with E-state index >= 15 is 0 Å². The number of carbonyl (C=O) groups excluding carboxylic acids is 2. The lowest BCUT2D eigenvalue weighted by atomic mass is 10.0. The van der Waals surface area contributed by atoms with Crippen LogP contribution in [0.3, 0.4) is 0 Å². The van der Waals surface area contributed by atoms with E-state index in [1.165, 1.54) is 27.9 Å². The number of alkyl halides is 5. The Morgan fingerprint density at radius 2 is 1.94 bits per heavy atom. The number of anilines is 1. The van der Waals surface area contributed by atoms with E-state index in [9.17, 15) is 31.5 Å². The first-order chi connectivity index (χ1) is 16.5. The minimum Gasteiger partial charge on any atom is -0.466 e.